The van der Waals surface area contributed by atoms with E-state index in [4.69, 9.17) is 14.2 Å². The number of rotatable bonds is 9. The zero-order valence-corrected chi connectivity index (χ0v) is 13.9. The van der Waals surface area contributed by atoms with Gasteiger partial charge in [-0.25, -0.2) is 0 Å². The van der Waals surface area contributed by atoms with Crippen LogP contribution in [0.4, 0.5) is 0 Å². The minimum Gasteiger partial charge on any atom is -0.496 e. The van der Waals surface area contributed by atoms with E-state index in [1.54, 1.807) is 14.2 Å². The standard InChI is InChI=1S/C20H24O3/c1-4-8-18-19(22-3)13-17(14-20(18)23-15-21-2)12-11-16-9-6-5-7-10-16/h4-7,9-10,13-14H,1,8,11-12,15H2,2-3H3. The molecule has 0 saturated carbocycles. The van der Waals surface area contributed by atoms with Gasteiger partial charge in [0.15, 0.2) is 6.79 Å². The van der Waals surface area contributed by atoms with Crippen molar-refractivity contribution in [1.29, 1.82) is 0 Å². The Bertz CT molecular complexity index is 620. The van der Waals surface area contributed by atoms with E-state index >= 15 is 0 Å². The molecule has 0 N–H and O–H groups in total. The second kappa shape index (κ2) is 9.01. The van der Waals surface area contributed by atoms with Crippen LogP contribution in [0.1, 0.15) is 16.7 Å². The highest BCUT2D eigenvalue weighted by atomic mass is 16.7. The van der Waals surface area contributed by atoms with Crippen molar-refractivity contribution in [2.75, 3.05) is 21.0 Å². The maximum atomic E-state index is 5.72. The molecule has 3 nitrogen and oxygen atoms in total. The van der Waals surface area contributed by atoms with Crippen LogP contribution in [0, 0.1) is 0 Å². The number of allylic oxidation sites excluding steroid dienone is 1. The summed E-state index contributed by atoms with van der Waals surface area (Å²) in [5.74, 6) is 1.63. The van der Waals surface area contributed by atoms with Crippen LogP contribution in [-0.4, -0.2) is 21.0 Å². The molecule has 0 radical (unpaired) electrons. The van der Waals surface area contributed by atoms with Crippen LogP contribution in [0.2, 0.25) is 0 Å². The SMILES string of the molecule is C=CCc1c(OC)cc(CCc2ccccc2)cc1OCOC. The molecular formula is C20H24O3. The molecule has 0 amide bonds. The molecular weight excluding hydrogens is 288 g/mol. The van der Waals surface area contributed by atoms with Crippen molar-refractivity contribution in [3.63, 3.8) is 0 Å². The van der Waals surface area contributed by atoms with Gasteiger partial charge in [-0.3, -0.25) is 0 Å². The molecule has 0 aliphatic rings. The van der Waals surface area contributed by atoms with E-state index in [0.717, 1.165) is 29.9 Å². The van der Waals surface area contributed by atoms with Gasteiger partial charge in [0, 0.05) is 12.7 Å². The zero-order valence-electron chi connectivity index (χ0n) is 13.9. The molecule has 0 atom stereocenters. The summed E-state index contributed by atoms with van der Waals surface area (Å²) >= 11 is 0. The first-order valence-electron chi connectivity index (χ1n) is 7.74. The summed E-state index contributed by atoms with van der Waals surface area (Å²) in [5.41, 5.74) is 3.51. The molecule has 2 aromatic carbocycles. The molecule has 0 aliphatic carbocycles. The molecule has 0 aromatic heterocycles. The molecule has 0 heterocycles. The van der Waals surface area contributed by atoms with Gasteiger partial charge >= 0.3 is 0 Å². The fourth-order valence-corrected chi connectivity index (χ4v) is 2.53. The zero-order chi connectivity index (χ0) is 16.5. The van der Waals surface area contributed by atoms with Crippen molar-refractivity contribution < 1.29 is 14.2 Å². The van der Waals surface area contributed by atoms with Gasteiger partial charge in [0.1, 0.15) is 11.5 Å². The largest absolute Gasteiger partial charge is 0.496 e. The van der Waals surface area contributed by atoms with Crippen LogP contribution >= 0.6 is 0 Å². The van der Waals surface area contributed by atoms with Crippen molar-refractivity contribution >= 4 is 0 Å². The van der Waals surface area contributed by atoms with E-state index < -0.39 is 0 Å². The smallest absolute Gasteiger partial charge is 0.188 e. The van der Waals surface area contributed by atoms with E-state index in [9.17, 15) is 0 Å². The summed E-state index contributed by atoms with van der Waals surface area (Å²) in [6.07, 6.45) is 4.45. The summed E-state index contributed by atoms with van der Waals surface area (Å²) < 4.78 is 16.3. The maximum Gasteiger partial charge on any atom is 0.188 e. The third-order valence-electron chi connectivity index (χ3n) is 3.67. The lowest BCUT2D eigenvalue weighted by Crippen LogP contribution is -2.04. The van der Waals surface area contributed by atoms with E-state index in [1.165, 1.54) is 11.1 Å². The first-order valence-corrected chi connectivity index (χ1v) is 7.74. The van der Waals surface area contributed by atoms with Gasteiger partial charge in [-0.15, -0.1) is 6.58 Å². The predicted octanol–water partition coefficient (Wildman–Crippen LogP) is 4.19. The van der Waals surface area contributed by atoms with Gasteiger partial charge in [0.25, 0.3) is 0 Å². The Morgan fingerprint density at radius 2 is 1.65 bits per heavy atom. The second-order valence-corrected chi connectivity index (χ2v) is 5.30. The first-order chi connectivity index (χ1) is 11.3. The van der Waals surface area contributed by atoms with Crippen LogP contribution < -0.4 is 9.47 Å². The third kappa shape index (κ3) is 4.86. The Hall–Kier alpha value is -2.26. The van der Waals surface area contributed by atoms with Crippen LogP contribution in [0.5, 0.6) is 11.5 Å². The van der Waals surface area contributed by atoms with Crippen molar-refractivity contribution in [2.45, 2.75) is 19.3 Å². The lowest BCUT2D eigenvalue weighted by molar-refractivity contribution is 0.0503. The fourth-order valence-electron chi connectivity index (χ4n) is 2.53. The van der Waals surface area contributed by atoms with Crippen molar-refractivity contribution in [2.24, 2.45) is 0 Å². The van der Waals surface area contributed by atoms with Crippen molar-refractivity contribution in [3.8, 4) is 11.5 Å². The molecule has 0 aliphatic heterocycles. The molecule has 2 rings (SSSR count). The Balaban J connectivity index is 2.23. The number of ether oxygens (including phenoxy) is 3. The summed E-state index contributed by atoms with van der Waals surface area (Å²) in [4.78, 5) is 0. The topological polar surface area (TPSA) is 27.7 Å². The normalized spacial score (nSPS) is 10.3. The molecule has 3 heteroatoms. The van der Waals surface area contributed by atoms with Crippen LogP contribution in [0.3, 0.4) is 0 Å². The Morgan fingerprint density at radius 1 is 0.957 bits per heavy atom. The summed E-state index contributed by atoms with van der Waals surface area (Å²) in [6.45, 7) is 4.03. The molecule has 23 heavy (non-hydrogen) atoms. The molecule has 0 spiro atoms. The Labute approximate surface area is 138 Å². The maximum absolute atomic E-state index is 5.72. The Kier molecular flexibility index (Phi) is 6.70. The van der Waals surface area contributed by atoms with Gasteiger partial charge in [0.05, 0.1) is 7.11 Å². The van der Waals surface area contributed by atoms with E-state index in [2.05, 4.69) is 43.0 Å². The van der Waals surface area contributed by atoms with Crippen molar-refractivity contribution in [3.05, 3.63) is 71.8 Å². The average Bonchev–Trinajstić information content (AvgIpc) is 2.60. The highest BCUT2D eigenvalue weighted by Gasteiger charge is 2.12. The molecule has 0 unspecified atom stereocenters. The van der Waals surface area contributed by atoms with Gasteiger partial charge in [-0.1, -0.05) is 36.4 Å². The number of hydrogen-bond donors (Lipinski definition) is 0. The van der Waals surface area contributed by atoms with E-state index in [1.807, 2.05) is 12.1 Å². The van der Waals surface area contributed by atoms with Crippen LogP contribution in [-0.2, 0) is 24.0 Å². The van der Waals surface area contributed by atoms with Gasteiger partial charge in [0.2, 0.25) is 0 Å². The molecule has 2 aromatic rings. The highest BCUT2D eigenvalue weighted by molar-refractivity contribution is 5.49. The average molecular weight is 312 g/mol. The summed E-state index contributed by atoms with van der Waals surface area (Å²) in [6, 6.07) is 14.6. The molecule has 122 valence electrons. The Morgan fingerprint density at radius 3 is 2.30 bits per heavy atom. The van der Waals surface area contributed by atoms with Gasteiger partial charge < -0.3 is 14.2 Å². The molecule has 0 saturated heterocycles. The predicted molar refractivity (Wildman–Crippen MR) is 93.2 cm³/mol. The number of hydrogen-bond acceptors (Lipinski definition) is 3. The quantitative estimate of drug-likeness (QED) is 0.513. The lowest BCUT2D eigenvalue weighted by Gasteiger charge is -2.16. The van der Waals surface area contributed by atoms with E-state index in [-0.39, 0.29) is 6.79 Å². The minimum absolute atomic E-state index is 0.218. The van der Waals surface area contributed by atoms with Crippen molar-refractivity contribution in [1.82, 2.24) is 0 Å². The van der Waals surface area contributed by atoms with Gasteiger partial charge in [-0.2, -0.15) is 0 Å². The first kappa shape index (κ1) is 17.1. The lowest BCUT2D eigenvalue weighted by atomic mass is 10.0. The molecule has 0 bridgehead atoms. The third-order valence-corrected chi connectivity index (χ3v) is 3.67. The minimum atomic E-state index is 0.218. The second-order valence-electron chi connectivity index (χ2n) is 5.30. The highest BCUT2D eigenvalue weighted by Crippen LogP contribution is 2.32. The fraction of sp³-hybridized carbons (Fsp3) is 0.300. The summed E-state index contributed by atoms with van der Waals surface area (Å²) in [5, 5.41) is 0. The number of methoxy groups -OCH3 is 2. The monoisotopic (exact) mass is 312 g/mol. The van der Waals surface area contributed by atoms with Crippen LogP contribution in [0.25, 0.3) is 0 Å². The molecule has 0 fully saturated rings. The van der Waals surface area contributed by atoms with Gasteiger partial charge in [-0.05, 0) is 42.5 Å². The van der Waals surface area contributed by atoms with Crippen LogP contribution in [0.15, 0.2) is 55.1 Å². The number of benzene rings is 2. The summed E-state index contributed by atoms with van der Waals surface area (Å²) in [7, 11) is 3.30. The van der Waals surface area contributed by atoms with E-state index in [0.29, 0.717) is 6.42 Å². The number of aryl methyl sites for hydroxylation is 2.